The van der Waals surface area contributed by atoms with Gasteiger partial charge in [0, 0.05) is 6.54 Å². The Hall–Kier alpha value is -1.24. The van der Waals surface area contributed by atoms with E-state index in [1.165, 1.54) is 29.5 Å². The van der Waals surface area contributed by atoms with E-state index in [-0.39, 0.29) is 5.02 Å². The first kappa shape index (κ1) is 15.2. The summed E-state index contributed by atoms with van der Waals surface area (Å²) in [4.78, 5) is 0. The lowest BCUT2D eigenvalue weighted by Gasteiger charge is -2.04. The van der Waals surface area contributed by atoms with Crippen molar-refractivity contribution >= 4 is 22.9 Å². The fourth-order valence-electron chi connectivity index (χ4n) is 1.47. The SMILES string of the molecule is CC(C)CNCc1nnc(Oc2ccc(F)cc2Cl)s1. The van der Waals surface area contributed by atoms with Gasteiger partial charge in [0.15, 0.2) is 0 Å². The van der Waals surface area contributed by atoms with Crippen molar-refractivity contribution in [3.63, 3.8) is 0 Å². The van der Waals surface area contributed by atoms with Crippen molar-refractivity contribution in [2.45, 2.75) is 20.4 Å². The molecule has 0 aliphatic heterocycles. The van der Waals surface area contributed by atoms with Crippen molar-refractivity contribution in [2.75, 3.05) is 6.54 Å². The molecule has 0 aliphatic carbocycles. The zero-order chi connectivity index (χ0) is 14.5. The summed E-state index contributed by atoms with van der Waals surface area (Å²) >= 11 is 7.22. The third-order valence-electron chi connectivity index (χ3n) is 2.37. The number of halogens is 2. The van der Waals surface area contributed by atoms with E-state index in [0.717, 1.165) is 11.6 Å². The van der Waals surface area contributed by atoms with Crippen LogP contribution in [0.4, 0.5) is 4.39 Å². The molecule has 4 nitrogen and oxygen atoms in total. The Balaban J connectivity index is 1.95. The number of nitrogens with zero attached hydrogens (tertiary/aromatic N) is 2. The fourth-order valence-corrected chi connectivity index (χ4v) is 2.35. The van der Waals surface area contributed by atoms with E-state index in [1.807, 2.05) is 0 Å². The second-order valence-corrected chi connectivity index (χ2v) is 6.10. The predicted octanol–water partition coefficient (Wildman–Crippen LogP) is 3.87. The van der Waals surface area contributed by atoms with E-state index < -0.39 is 5.82 Å². The van der Waals surface area contributed by atoms with Crippen molar-refractivity contribution in [3.05, 3.63) is 34.0 Å². The summed E-state index contributed by atoms with van der Waals surface area (Å²) < 4.78 is 18.4. The Labute approximate surface area is 125 Å². The predicted molar refractivity (Wildman–Crippen MR) is 77.9 cm³/mol. The Bertz CT molecular complexity index is 576. The highest BCUT2D eigenvalue weighted by atomic mass is 35.5. The molecule has 1 aromatic heterocycles. The van der Waals surface area contributed by atoms with Crippen LogP contribution in [-0.2, 0) is 6.54 Å². The van der Waals surface area contributed by atoms with Gasteiger partial charge in [0.2, 0.25) is 0 Å². The normalized spacial score (nSPS) is 11.1. The summed E-state index contributed by atoms with van der Waals surface area (Å²) in [7, 11) is 0. The van der Waals surface area contributed by atoms with E-state index >= 15 is 0 Å². The molecule has 0 spiro atoms. The van der Waals surface area contributed by atoms with Crippen LogP contribution in [0.3, 0.4) is 0 Å². The molecule has 0 atom stereocenters. The molecule has 0 aliphatic rings. The summed E-state index contributed by atoms with van der Waals surface area (Å²) in [5.74, 6) is 0.542. The average molecular weight is 316 g/mol. The number of rotatable bonds is 6. The van der Waals surface area contributed by atoms with E-state index in [2.05, 4.69) is 29.4 Å². The summed E-state index contributed by atoms with van der Waals surface area (Å²) in [5, 5.41) is 12.6. The molecule has 7 heteroatoms. The van der Waals surface area contributed by atoms with Crippen molar-refractivity contribution in [1.82, 2.24) is 15.5 Å². The molecular formula is C13H15ClFN3OS. The Morgan fingerprint density at radius 3 is 2.90 bits per heavy atom. The summed E-state index contributed by atoms with van der Waals surface area (Å²) in [6, 6.07) is 3.95. The lowest BCUT2D eigenvalue weighted by Crippen LogP contribution is -2.18. The molecule has 1 heterocycles. The molecule has 0 bridgehead atoms. The van der Waals surface area contributed by atoms with Gasteiger partial charge in [0.25, 0.3) is 5.19 Å². The number of ether oxygens (including phenoxy) is 1. The summed E-state index contributed by atoms with van der Waals surface area (Å²) in [6.45, 7) is 5.84. The molecule has 0 unspecified atom stereocenters. The van der Waals surface area contributed by atoms with Gasteiger partial charge in [-0.15, -0.1) is 5.10 Å². The number of nitrogens with one attached hydrogen (secondary N) is 1. The first-order chi connectivity index (χ1) is 9.54. The molecule has 0 radical (unpaired) electrons. The van der Waals surface area contributed by atoms with Crippen LogP contribution in [0, 0.1) is 11.7 Å². The Morgan fingerprint density at radius 2 is 2.20 bits per heavy atom. The average Bonchev–Trinajstić information content (AvgIpc) is 2.80. The zero-order valence-corrected chi connectivity index (χ0v) is 12.8. The maximum absolute atomic E-state index is 12.9. The molecule has 2 aromatic rings. The maximum atomic E-state index is 12.9. The summed E-state index contributed by atoms with van der Waals surface area (Å²) in [5.41, 5.74) is 0. The van der Waals surface area contributed by atoms with E-state index in [1.54, 1.807) is 0 Å². The monoisotopic (exact) mass is 315 g/mol. The topological polar surface area (TPSA) is 47.0 Å². The Kier molecular flexibility index (Phi) is 5.28. The number of benzene rings is 1. The van der Waals surface area contributed by atoms with Gasteiger partial charge < -0.3 is 10.1 Å². The standard InChI is InChI=1S/C13H15ClFN3OS/c1-8(2)6-16-7-12-17-18-13(20-12)19-11-4-3-9(15)5-10(11)14/h3-5,8,16H,6-7H2,1-2H3. The fraction of sp³-hybridized carbons (Fsp3) is 0.385. The first-order valence-electron chi connectivity index (χ1n) is 6.20. The minimum absolute atomic E-state index is 0.208. The third kappa shape index (κ3) is 4.40. The molecule has 0 saturated heterocycles. The van der Waals surface area contributed by atoms with Crippen LogP contribution < -0.4 is 10.1 Å². The molecule has 0 fully saturated rings. The van der Waals surface area contributed by atoms with Gasteiger partial charge in [-0.25, -0.2) is 4.39 Å². The molecule has 20 heavy (non-hydrogen) atoms. The zero-order valence-electron chi connectivity index (χ0n) is 11.2. The largest absolute Gasteiger partial charge is 0.428 e. The van der Waals surface area contributed by atoms with Crippen LogP contribution in [-0.4, -0.2) is 16.7 Å². The van der Waals surface area contributed by atoms with Crippen molar-refractivity contribution in [2.24, 2.45) is 5.92 Å². The highest BCUT2D eigenvalue weighted by Gasteiger charge is 2.09. The molecule has 108 valence electrons. The van der Waals surface area contributed by atoms with Gasteiger partial charge in [0.1, 0.15) is 16.6 Å². The molecule has 0 amide bonds. The lowest BCUT2D eigenvalue weighted by atomic mass is 10.2. The van der Waals surface area contributed by atoms with Gasteiger partial charge in [-0.1, -0.05) is 41.9 Å². The van der Waals surface area contributed by atoms with Crippen molar-refractivity contribution in [3.8, 4) is 10.9 Å². The minimum Gasteiger partial charge on any atom is -0.428 e. The second-order valence-electron chi connectivity index (χ2n) is 4.66. The van der Waals surface area contributed by atoms with Crippen LogP contribution >= 0.6 is 22.9 Å². The lowest BCUT2D eigenvalue weighted by molar-refractivity contribution is 0.471. The second kappa shape index (κ2) is 6.97. The van der Waals surface area contributed by atoms with Crippen molar-refractivity contribution in [1.29, 1.82) is 0 Å². The van der Waals surface area contributed by atoms with E-state index in [9.17, 15) is 4.39 Å². The highest BCUT2D eigenvalue weighted by Crippen LogP contribution is 2.31. The molecular weight excluding hydrogens is 301 g/mol. The van der Waals surface area contributed by atoms with E-state index in [4.69, 9.17) is 16.3 Å². The van der Waals surface area contributed by atoms with Crippen LogP contribution in [0.15, 0.2) is 18.2 Å². The van der Waals surface area contributed by atoms with E-state index in [0.29, 0.717) is 23.4 Å². The minimum atomic E-state index is -0.404. The third-order valence-corrected chi connectivity index (χ3v) is 3.46. The van der Waals surface area contributed by atoms with Gasteiger partial charge >= 0.3 is 0 Å². The Morgan fingerprint density at radius 1 is 1.40 bits per heavy atom. The van der Waals surface area contributed by atoms with Crippen LogP contribution in [0.25, 0.3) is 0 Å². The number of aromatic nitrogens is 2. The molecule has 2 rings (SSSR count). The smallest absolute Gasteiger partial charge is 0.299 e. The molecule has 1 N–H and O–H groups in total. The quantitative estimate of drug-likeness (QED) is 0.879. The van der Waals surface area contributed by atoms with Crippen LogP contribution in [0.1, 0.15) is 18.9 Å². The number of hydrogen-bond acceptors (Lipinski definition) is 5. The molecule has 1 aromatic carbocycles. The highest BCUT2D eigenvalue weighted by molar-refractivity contribution is 7.13. The molecule has 0 saturated carbocycles. The van der Waals surface area contributed by atoms with Gasteiger partial charge in [-0.2, -0.15) is 0 Å². The van der Waals surface area contributed by atoms with Gasteiger partial charge in [-0.05, 0) is 30.7 Å². The van der Waals surface area contributed by atoms with Gasteiger partial charge in [-0.3, -0.25) is 0 Å². The number of hydrogen-bond donors (Lipinski definition) is 1. The first-order valence-corrected chi connectivity index (χ1v) is 7.40. The van der Waals surface area contributed by atoms with Crippen molar-refractivity contribution < 1.29 is 9.13 Å². The van der Waals surface area contributed by atoms with Gasteiger partial charge in [0.05, 0.1) is 5.02 Å². The maximum Gasteiger partial charge on any atom is 0.299 e. The van der Waals surface area contributed by atoms with Crippen LogP contribution in [0.5, 0.6) is 10.9 Å². The summed E-state index contributed by atoms with van der Waals surface area (Å²) in [6.07, 6.45) is 0. The van der Waals surface area contributed by atoms with Crippen LogP contribution in [0.2, 0.25) is 5.02 Å².